The van der Waals surface area contributed by atoms with Crippen LogP contribution < -0.4 is 18.9 Å². The van der Waals surface area contributed by atoms with Crippen LogP contribution in [0.5, 0.6) is 23.0 Å². The first-order valence-electron chi connectivity index (χ1n) is 8.54. The van der Waals surface area contributed by atoms with Crippen molar-refractivity contribution in [2.75, 3.05) is 28.4 Å². The third-order valence-electron chi connectivity index (χ3n) is 4.04. The average molecular weight is 400 g/mol. The third kappa shape index (κ3) is 4.23. The Morgan fingerprint density at radius 3 is 2.21 bits per heavy atom. The monoisotopic (exact) mass is 400 g/mol. The van der Waals surface area contributed by atoms with Crippen LogP contribution in [0.2, 0.25) is 0 Å². The van der Waals surface area contributed by atoms with Gasteiger partial charge in [0.05, 0.1) is 39.6 Å². The molecule has 1 heterocycles. The Morgan fingerprint density at radius 1 is 0.931 bits per heavy atom. The van der Waals surface area contributed by atoms with Crippen molar-refractivity contribution in [3.05, 3.63) is 47.9 Å². The molecule has 0 fully saturated rings. The second-order valence-corrected chi connectivity index (χ2v) is 5.70. The molecule has 0 bridgehead atoms. The minimum absolute atomic E-state index is 0.145. The number of esters is 1. The van der Waals surface area contributed by atoms with E-state index in [0.717, 1.165) is 0 Å². The summed E-state index contributed by atoms with van der Waals surface area (Å²) >= 11 is 0. The molecule has 0 aliphatic carbocycles. The van der Waals surface area contributed by atoms with Crippen molar-refractivity contribution >= 4 is 5.97 Å². The van der Waals surface area contributed by atoms with Gasteiger partial charge in [0.2, 0.25) is 11.6 Å². The van der Waals surface area contributed by atoms with E-state index in [1.54, 1.807) is 19.2 Å². The molecule has 0 N–H and O–H groups in total. The Balaban J connectivity index is 1.74. The zero-order valence-electron chi connectivity index (χ0n) is 16.4. The van der Waals surface area contributed by atoms with Crippen molar-refractivity contribution in [1.29, 1.82) is 0 Å². The van der Waals surface area contributed by atoms with E-state index >= 15 is 0 Å². The fourth-order valence-electron chi connectivity index (χ4n) is 2.66. The van der Waals surface area contributed by atoms with Crippen LogP contribution in [-0.2, 0) is 11.3 Å². The fourth-order valence-corrected chi connectivity index (χ4v) is 2.66. The van der Waals surface area contributed by atoms with Crippen molar-refractivity contribution in [3.63, 3.8) is 0 Å². The maximum absolute atomic E-state index is 12.4. The van der Waals surface area contributed by atoms with E-state index in [2.05, 4.69) is 10.1 Å². The summed E-state index contributed by atoms with van der Waals surface area (Å²) in [5, 5.41) is 3.91. The smallest absolute Gasteiger partial charge is 0.338 e. The van der Waals surface area contributed by atoms with Crippen LogP contribution in [0.15, 0.2) is 40.9 Å². The molecule has 9 nitrogen and oxygen atoms in total. The van der Waals surface area contributed by atoms with Crippen molar-refractivity contribution < 1.29 is 33.0 Å². The molecule has 1 aromatic heterocycles. The molecule has 0 radical (unpaired) electrons. The summed E-state index contributed by atoms with van der Waals surface area (Å²) in [6, 6.07) is 10.3. The Labute approximate surface area is 167 Å². The lowest BCUT2D eigenvalue weighted by molar-refractivity contribution is 0.0429. The maximum atomic E-state index is 12.4. The van der Waals surface area contributed by atoms with E-state index in [0.29, 0.717) is 34.4 Å². The molecule has 9 heteroatoms. The number of aromatic nitrogens is 2. The Kier molecular flexibility index (Phi) is 6.18. The van der Waals surface area contributed by atoms with Gasteiger partial charge in [0, 0.05) is 0 Å². The average Bonchev–Trinajstić information content (AvgIpc) is 3.25. The van der Waals surface area contributed by atoms with E-state index in [1.807, 2.05) is 12.1 Å². The zero-order chi connectivity index (χ0) is 20.8. The van der Waals surface area contributed by atoms with Gasteiger partial charge in [-0.25, -0.2) is 4.79 Å². The summed E-state index contributed by atoms with van der Waals surface area (Å²) < 4.78 is 31.5. The van der Waals surface area contributed by atoms with Gasteiger partial charge in [-0.1, -0.05) is 17.3 Å². The highest BCUT2D eigenvalue weighted by Crippen LogP contribution is 2.38. The van der Waals surface area contributed by atoms with Gasteiger partial charge in [-0.15, -0.1) is 0 Å². The van der Waals surface area contributed by atoms with Crippen LogP contribution in [0.4, 0.5) is 0 Å². The number of hydrogen-bond acceptors (Lipinski definition) is 9. The van der Waals surface area contributed by atoms with Crippen molar-refractivity contribution in [2.24, 2.45) is 0 Å². The first-order chi connectivity index (χ1) is 14.1. The third-order valence-corrected chi connectivity index (χ3v) is 4.04. The molecule has 0 aliphatic rings. The largest absolute Gasteiger partial charge is 0.496 e. The number of benzene rings is 2. The molecule has 0 spiro atoms. The second kappa shape index (κ2) is 8.96. The molecule has 0 aliphatic heterocycles. The molecule has 0 saturated carbocycles. The highest BCUT2D eigenvalue weighted by Gasteiger charge is 2.19. The molecule has 3 aromatic rings. The standard InChI is InChI=1S/C20H20N2O7/c1-24-14-8-6-5-7-13(14)19-21-17(29-22-19)11-28-20(23)12-9-15(25-2)18(27-4)16(10-12)26-3/h5-10H,11H2,1-4H3. The quantitative estimate of drug-likeness (QED) is 0.528. The number of para-hydroxylation sites is 1. The Bertz CT molecular complexity index is 975. The summed E-state index contributed by atoms with van der Waals surface area (Å²) in [5.41, 5.74) is 0.893. The van der Waals surface area contributed by atoms with Crippen LogP contribution in [0, 0.1) is 0 Å². The van der Waals surface area contributed by atoms with E-state index in [-0.39, 0.29) is 18.1 Å². The lowest BCUT2D eigenvalue weighted by Crippen LogP contribution is -2.07. The second-order valence-electron chi connectivity index (χ2n) is 5.70. The van der Waals surface area contributed by atoms with Crippen LogP contribution in [0.1, 0.15) is 16.2 Å². The maximum Gasteiger partial charge on any atom is 0.338 e. The lowest BCUT2D eigenvalue weighted by atomic mass is 10.2. The van der Waals surface area contributed by atoms with E-state index < -0.39 is 5.97 Å². The first kappa shape index (κ1) is 20.0. The van der Waals surface area contributed by atoms with E-state index in [1.165, 1.54) is 33.5 Å². The molecule has 0 atom stereocenters. The normalized spacial score (nSPS) is 10.3. The molecular formula is C20H20N2O7. The van der Waals surface area contributed by atoms with Crippen LogP contribution in [0.25, 0.3) is 11.4 Å². The predicted molar refractivity (Wildman–Crippen MR) is 102 cm³/mol. The molecule has 2 aromatic carbocycles. The summed E-state index contributed by atoms with van der Waals surface area (Å²) in [6.07, 6.45) is 0. The van der Waals surface area contributed by atoms with Crippen LogP contribution in [0.3, 0.4) is 0 Å². The molecule has 0 unspecified atom stereocenters. The molecule has 3 rings (SSSR count). The number of carbonyl (C=O) groups is 1. The number of carbonyl (C=O) groups excluding carboxylic acids is 1. The molecular weight excluding hydrogens is 380 g/mol. The minimum atomic E-state index is -0.610. The van der Waals surface area contributed by atoms with Gasteiger partial charge < -0.3 is 28.2 Å². The highest BCUT2D eigenvalue weighted by atomic mass is 16.6. The van der Waals surface area contributed by atoms with Gasteiger partial charge in [-0.2, -0.15) is 4.98 Å². The number of ether oxygens (including phenoxy) is 5. The topological polar surface area (TPSA) is 102 Å². The fraction of sp³-hybridized carbons (Fsp3) is 0.250. The van der Waals surface area contributed by atoms with Crippen molar-refractivity contribution in [3.8, 4) is 34.4 Å². The van der Waals surface area contributed by atoms with Gasteiger partial charge in [0.1, 0.15) is 5.75 Å². The van der Waals surface area contributed by atoms with E-state index in [4.69, 9.17) is 28.2 Å². The lowest BCUT2D eigenvalue weighted by Gasteiger charge is -2.13. The van der Waals surface area contributed by atoms with E-state index in [9.17, 15) is 4.79 Å². The Morgan fingerprint density at radius 2 is 1.59 bits per heavy atom. The number of rotatable bonds is 8. The van der Waals surface area contributed by atoms with Crippen molar-refractivity contribution in [2.45, 2.75) is 6.61 Å². The predicted octanol–water partition coefficient (Wildman–Crippen LogP) is 3.13. The first-order valence-corrected chi connectivity index (χ1v) is 8.54. The number of nitrogens with zero attached hydrogens (tertiary/aromatic N) is 2. The van der Waals surface area contributed by atoms with Crippen molar-refractivity contribution in [1.82, 2.24) is 10.1 Å². The molecule has 152 valence electrons. The summed E-state index contributed by atoms with van der Waals surface area (Å²) in [5.74, 6) is 1.54. The zero-order valence-corrected chi connectivity index (χ0v) is 16.4. The highest BCUT2D eigenvalue weighted by molar-refractivity contribution is 5.91. The van der Waals surface area contributed by atoms with Gasteiger partial charge >= 0.3 is 5.97 Å². The van der Waals surface area contributed by atoms with Crippen LogP contribution >= 0.6 is 0 Å². The number of methoxy groups -OCH3 is 4. The van der Waals surface area contributed by atoms with Crippen LogP contribution in [-0.4, -0.2) is 44.5 Å². The SMILES string of the molecule is COc1ccccc1-c1noc(COC(=O)c2cc(OC)c(OC)c(OC)c2)n1. The summed E-state index contributed by atoms with van der Waals surface area (Å²) in [4.78, 5) is 16.7. The molecule has 0 saturated heterocycles. The van der Waals surface area contributed by atoms with Gasteiger partial charge in [0.25, 0.3) is 5.89 Å². The summed E-state index contributed by atoms with van der Waals surface area (Å²) in [6.45, 7) is -0.197. The Hall–Kier alpha value is -3.75. The number of hydrogen-bond donors (Lipinski definition) is 0. The molecule has 0 amide bonds. The minimum Gasteiger partial charge on any atom is -0.496 e. The van der Waals surface area contributed by atoms with Gasteiger partial charge in [-0.05, 0) is 24.3 Å². The molecule has 29 heavy (non-hydrogen) atoms. The summed E-state index contributed by atoms with van der Waals surface area (Å²) in [7, 11) is 5.96. The van der Waals surface area contributed by atoms with Gasteiger partial charge in [0.15, 0.2) is 18.1 Å². The van der Waals surface area contributed by atoms with Gasteiger partial charge in [-0.3, -0.25) is 0 Å².